The summed E-state index contributed by atoms with van der Waals surface area (Å²) in [6.45, 7) is 6.81. The molecule has 4 aliphatic rings. The Balaban J connectivity index is 1.71. The molecule has 118 valence electrons. The van der Waals surface area contributed by atoms with Crippen molar-refractivity contribution < 1.29 is 0 Å². The molecule has 0 spiro atoms. The van der Waals surface area contributed by atoms with Crippen LogP contribution in [0.5, 0.6) is 0 Å². The highest BCUT2D eigenvalue weighted by Gasteiger charge is 2.53. The molecule has 3 heteroatoms. The van der Waals surface area contributed by atoms with Crippen LogP contribution in [0.4, 0.5) is 0 Å². The van der Waals surface area contributed by atoms with E-state index >= 15 is 0 Å². The van der Waals surface area contributed by atoms with Crippen LogP contribution in [0.2, 0.25) is 0 Å². The quantitative estimate of drug-likeness (QED) is 0.572. The third-order valence-corrected chi connectivity index (χ3v) is 6.38. The Morgan fingerprint density at radius 1 is 1.24 bits per heavy atom. The van der Waals surface area contributed by atoms with Gasteiger partial charge in [-0.25, -0.2) is 0 Å². The summed E-state index contributed by atoms with van der Waals surface area (Å²) in [5.41, 5.74) is 0.532. The monoisotopic (exact) mass is 306 g/mol. The summed E-state index contributed by atoms with van der Waals surface area (Å²) in [6, 6.07) is 0.570. The third kappa shape index (κ3) is 3.13. The molecule has 4 bridgehead atoms. The highest BCUT2D eigenvalue weighted by molar-refractivity contribution is 7.80. The Kier molecular flexibility index (Phi) is 4.58. The van der Waals surface area contributed by atoms with Crippen LogP contribution in [0.1, 0.15) is 58.3 Å². The number of thiocarbonyl (C=S) groups is 1. The molecule has 0 aromatic rings. The first-order valence-corrected chi connectivity index (χ1v) is 9.21. The molecule has 0 radical (unpaired) electrons. The summed E-state index contributed by atoms with van der Waals surface area (Å²) in [5, 5.41) is 7.76. The predicted octanol–water partition coefficient (Wildman–Crippen LogP) is 4.02. The van der Waals surface area contributed by atoms with Gasteiger partial charge in [-0.1, -0.05) is 19.4 Å². The number of rotatable bonds is 6. The van der Waals surface area contributed by atoms with Crippen LogP contribution in [0, 0.1) is 23.2 Å². The lowest BCUT2D eigenvalue weighted by atomic mass is 9.47. The maximum Gasteiger partial charge on any atom is 0.166 e. The minimum atomic E-state index is 0.532. The van der Waals surface area contributed by atoms with Crippen molar-refractivity contribution in [2.45, 2.75) is 64.3 Å². The van der Waals surface area contributed by atoms with Crippen molar-refractivity contribution in [3.63, 3.8) is 0 Å². The van der Waals surface area contributed by atoms with Crippen molar-refractivity contribution in [2.24, 2.45) is 23.2 Å². The van der Waals surface area contributed by atoms with Crippen molar-refractivity contribution in [1.82, 2.24) is 10.6 Å². The molecule has 4 fully saturated rings. The fourth-order valence-electron chi connectivity index (χ4n) is 5.80. The molecule has 1 atom stereocenters. The van der Waals surface area contributed by atoms with Crippen LogP contribution in [-0.4, -0.2) is 17.7 Å². The molecule has 2 N–H and O–H groups in total. The van der Waals surface area contributed by atoms with Gasteiger partial charge in [0.1, 0.15) is 0 Å². The van der Waals surface area contributed by atoms with E-state index < -0.39 is 0 Å². The van der Waals surface area contributed by atoms with Gasteiger partial charge in [0.15, 0.2) is 5.11 Å². The lowest BCUT2D eigenvalue weighted by Crippen LogP contribution is -2.58. The zero-order valence-electron chi connectivity index (χ0n) is 13.4. The van der Waals surface area contributed by atoms with Crippen LogP contribution in [0.3, 0.4) is 0 Å². The first kappa shape index (κ1) is 15.3. The number of nitrogens with one attached hydrogen (secondary N) is 2. The van der Waals surface area contributed by atoms with Gasteiger partial charge < -0.3 is 10.6 Å². The second-order valence-electron chi connectivity index (χ2n) is 7.76. The SMILES string of the molecule is C=CCNC(=S)NC(CCC)C12CC3CC(CC(C3)C1)C2. The maximum absolute atomic E-state index is 5.49. The largest absolute Gasteiger partial charge is 0.359 e. The van der Waals surface area contributed by atoms with Crippen LogP contribution in [0.15, 0.2) is 12.7 Å². The molecule has 0 amide bonds. The summed E-state index contributed by atoms with van der Waals surface area (Å²) in [6.07, 6.45) is 13.2. The van der Waals surface area contributed by atoms with Gasteiger partial charge in [0, 0.05) is 12.6 Å². The second-order valence-corrected chi connectivity index (χ2v) is 8.17. The first-order valence-electron chi connectivity index (χ1n) is 8.80. The van der Waals surface area contributed by atoms with Gasteiger partial charge in [-0.05, 0) is 80.3 Å². The zero-order chi connectivity index (χ0) is 14.9. The van der Waals surface area contributed by atoms with Crippen LogP contribution >= 0.6 is 12.2 Å². The standard InChI is InChI=1S/C18H30N2S/c1-3-5-16(20-17(21)19-6-4-2)18-10-13-7-14(11-18)9-15(8-13)12-18/h4,13-16H,2-3,5-12H2,1H3,(H2,19,20,21). The number of hydrogen-bond donors (Lipinski definition) is 2. The topological polar surface area (TPSA) is 24.1 Å². The molecule has 0 saturated heterocycles. The van der Waals surface area contributed by atoms with E-state index in [1.54, 1.807) is 0 Å². The molecule has 0 aromatic carbocycles. The van der Waals surface area contributed by atoms with Gasteiger partial charge in [0.05, 0.1) is 0 Å². The second kappa shape index (κ2) is 6.28. The average molecular weight is 307 g/mol. The summed E-state index contributed by atoms with van der Waals surface area (Å²) < 4.78 is 0. The van der Waals surface area contributed by atoms with Gasteiger partial charge in [-0.3, -0.25) is 0 Å². The maximum atomic E-state index is 5.49. The molecule has 4 saturated carbocycles. The van der Waals surface area contributed by atoms with E-state index in [4.69, 9.17) is 12.2 Å². The summed E-state index contributed by atoms with van der Waals surface area (Å²) >= 11 is 5.49. The summed E-state index contributed by atoms with van der Waals surface area (Å²) in [5.74, 6) is 3.02. The Morgan fingerprint density at radius 3 is 2.29 bits per heavy atom. The molecule has 1 unspecified atom stereocenters. The van der Waals surface area contributed by atoms with Crippen LogP contribution < -0.4 is 10.6 Å². The third-order valence-electron chi connectivity index (χ3n) is 6.11. The molecular weight excluding hydrogens is 276 g/mol. The highest BCUT2D eigenvalue weighted by atomic mass is 32.1. The summed E-state index contributed by atoms with van der Waals surface area (Å²) in [7, 11) is 0. The lowest BCUT2D eigenvalue weighted by Gasteiger charge is -2.59. The van der Waals surface area contributed by atoms with Crippen LogP contribution in [0.25, 0.3) is 0 Å². The minimum absolute atomic E-state index is 0.532. The molecular formula is C18H30N2S. The predicted molar refractivity (Wildman–Crippen MR) is 93.2 cm³/mol. The molecule has 0 aliphatic heterocycles. The van der Waals surface area contributed by atoms with E-state index in [0.29, 0.717) is 11.5 Å². The van der Waals surface area contributed by atoms with Gasteiger partial charge in [-0.15, -0.1) is 6.58 Å². The fraction of sp³-hybridized carbons (Fsp3) is 0.833. The molecule has 21 heavy (non-hydrogen) atoms. The van der Waals surface area contributed by atoms with E-state index in [2.05, 4.69) is 24.1 Å². The van der Waals surface area contributed by atoms with Crippen molar-refractivity contribution >= 4 is 17.3 Å². The van der Waals surface area contributed by atoms with Crippen molar-refractivity contribution in [1.29, 1.82) is 0 Å². The van der Waals surface area contributed by atoms with Gasteiger partial charge in [0.2, 0.25) is 0 Å². The van der Waals surface area contributed by atoms with Gasteiger partial charge in [0.25, 0.3) is 0 Å². The Bertz CT molecular complexity index is 369. The van der Waals surface area contributed by atoms with Crippen LogP contribution in [-0.2, 0) is 0 Å². The van der Waals surface area contributed by atoms with E-state index in [9.17, 15) is 0 Å². The molecule has 2 nitrogen and oxygen atoms in total. The summed E-state index contributed by atoms with van der Waals surface area (Å²) in [4.78, 5) is 0. The zero-order valence-corrected chi connectivity index (χ0v) is 14.2. The number of hydrogen-bond acceptors (Lipinski definition) is 1. The molecule has 0 aromatic heterocycles. The fourth-order valence-corrected chi connectivity index (χ4v) is 6.02. The molecule has 4 rings (SSSR count). The lowest BCUT2D eigenvalue weighted by molar-refractivity contribution is -0.0720. The Morgan fingerprint density at radius 2 is 1.81 bits per heavy atom. The van der Waals surface area contributed by atoms with E-state index in [-0.39, 0.29) is 0 Å². The van der Waals surface area contributed by atoms with Crippen molar-refractivity contribution in [3.8, 4) is 0 Å². The molecule has 0 heterocycles. The Hall–Kier alpha value is -0.570. The first-order chi connectivity index (χ1) is 10.1. The van der Waals surface area contributed by atoms with Gasteiger partial charge in [-0.2, -0.15) is 0 Å². The molecule has 4 aliphatic carbocycles. The van der Waals surface area contributed by atoms with Crippen molar-refractivity contribution in [3.05, 3.63) is 12.7 Å². The highest BCUT2D eigenvalue weighted by Crippen LogP contribution is 2.61. The average Bonchev–Trinajstić information content (AvgIpc) is 2.43. The van der Waals surface area contributed by atoms with E-state index in [1.165, 1.54) is 51.4 Å². The van der Waals surface area contributed by atoms with Gasteiger partial charge >= 0.3 is 0 Å². The normalized spacial score (nSPS) is 38.0. The minimum Gasteiger partial charge on any atom is -0.359 e. The van der Waals surface area contributed by atoms with Crippen molar-refractivity contribution in [2.75, 3.05) is 6.54 Å². The Labute approximate surface area is 135 Å². The van der Waals surface area contributed by atoms with E-state index in [0.717, 1.165) is 29.4 Å². The smallest absolute Gasteiger partial charge is 0.166 e. The van der Waals surface area contributed by atoms with E-state index in [1.807, 2.05) is 6.08 Å².